The number of hydrogen-bond donors (Lipinski definition) is 1. The van der Waals surface area contributed by atoms with E-state index >= 15 is 0 Å². The highest BCUT2D eigenvalue weighted by Crippen LogP contribution is 2.31. The van der Waals surface area contributed by atoms with E-state index in [1.54, 1.807) is 6.92 Å². The number of carbonyl (C=O) groups excluding carboxylic acids is 1. The van der Waals surface area contributed by atoms with Gasteiger partial charge < -0.3 is 17.7 Å². The number of hydrogen-bond acceptors (Lipinski definition) is 4. The maximum atomic E-state index is 11.8. The molecule has 0 aromatic heterocycles. The van der Waals surface area contributed by atoms with Crippen molar-refractivity contribution in [2.24, 2.45) is 0 Å². The van der Waals surface area contributed by atoms with Crippen LogP contribution >= 0.6 is 0 Å². The van der Waals surface area contributed by atoms with Crippen molar-refractivity contribution in [1.29, 1.82) is 0 Å². The molecule has 0 aliphatic carbocycles. The zero-order valence-corrected chi connectivity index (χ0v) is 23.4. The molecule has 1 N–H and O–H groups in total. The van der Waals surface area contributed by atoms with E-state index in [0.717, 1.165) is 24.9 Å². The average molecular weight is 450 g/mol. The quantitative estimate of drug-likeness (QED) is 0.234. The minimum absolute atomic E-state index is 0.0962. The molecule has 0 rings (SSSR count). The second kappa shape index (κ2) is 10.7. The molecule has 0 aromatic carbocycles. The second-order valence-electron chi connectivity index (χ2n) is 9.86. The van der Waals surface area contributed by atoms with Gasteiger partial charge in [0.15, 0.2) is 25.0 Å². The molecule has 1 amide bonds. The van der Waals surface area contributed by atoms with Crippen LogP contribution in [0.25, 0.3) is 0 Å². The maximum Gasteiger partial charge on any atom is 0.469 e. The number of rotatable bonds is 13. The summed E-state index contributed by atoms with van der Waals surface area (Å²) in [7, 11) is -8.43. The molecule has 0 aliphatic heterocycles. The lowest BCUT2D eigenvalue weighted by molar-refractivity contribution is -0.117. The van der Waals surface area contributed by atoms with Gasteiger partial charge in [0.25, 0.3) is 0 Å². The molecule has 0 radical (unpaired) electrons. The lowest BCUT2D eigenvalue weighted by Crippen LogP contribution is -2.61. The minimum atomic E-state index is -2.83. The largest absolute Gasteiger partial charge is 0.469 e. The van der Waals surface area contributed by atoms with Crippen LogP contribution in [0.4, 0.5) is 0 Å². The maximum absolute atomic E-state index is 11.8. The van der Waals surface area contributed by atoms with Crippen molar-refractivity contribution in [3.8, 4) is 0 Å². The third-order valence-corrected chi connectivity index (χ3v) is 17.1. The molecular formula is C18H43NO4Si4. The van der Waals surface area contributed by atoms with E-state index in [1.165, 1.54) is 0 Å². The number of carbonyl (C=O) groups is 1. The van der Waals surface area contributed by atoms with Gasteiger partial charge in [-0.1, -0.05) is 19.9 Å². The summed E-state index contributed by atoms with van der Waals surface area (Å²) in [6.07, 6.45) is 1.90. The van der Waals surface area contributed by atoms with Gasteiger partial charge in [0.1, 0.15) is 0 Å². The molecule has 0 heterocycles. The molecule has 0 bridgehead atoms. The van der Waals surface area contributed by atoms with Crippen LogP contribution in [-0.2, 0) is 17.1 Å². The van der Waals surface area contributed by atoms with Crippen molar-refractivity contribution in [2.45, 2.75) is 91.2 Å². The Balaban J connectivity index is 5.49. The Hall–Kier alpha value is -0.0425. The monoisotopic (exact) mass is 449 g/mol. The molecule has 0 aliphatic rings. The molecule has 27 heavy (non-hydrogen) atoms. The van der Waals surface area contributed by atoms with Gasteiger partial charge in [-0.2, -0.15) is 0 Å². The van der Waals surface area contributed by atoms with Crippen molar-refractivity contribution >= 4 is 39.7 Å². The summed E-state index contributed by atoms with van der Waals surface area (Å²) in [5, 5.41) is 2.92. The topological polar surface area (TPSA) is 56.8 Å². The van der Waals surface area contributed by atoms with E-state index in [9.17, 15) is 4.79 Å². The first-order chi connectivity index (χ1) is 12.0. The van der Waals surface area contributed by atoms with Gasteiger partial charge in [-0.15, -0.1) is 0 Å². The molecule has 0 aromatic rings. The van der Waals surface area contributed by atoms with Crippen LogP contribution in [0.5, 0.6) is 0 Å². The zero-order chi connectivity index (χ0) is 21.5. The van der Waals surface area contributed by atoms with Gasteiger partial charge in [-0.05, 0) is 71.8 Å². The fourth-order valence-corrected chi connectivity index (χ4v) is 18.8. The first kappa shape index (κ1) is 27.0. The summed E-state index contributed by atoms with van der Waals surface area (Å²) in [6, 6.07) is 1.84. The van der Waals surface area contributed by atoms with Gasteiger partial charge in [-0.3, -0.25) is 4.79 Å². The smallest absolute Gasteiger partial charge is 0.417 e. The highest BCUT2D eigenvalue weighted by molar-refractivity contribution is 6.90. The van der Waals surface area contributed by atoms with Gasteiger partial charge in [0.05, 0.1) is 0 Å². The standard InChI is InChI=1S/C18H43NO4Si4/c1-12-15-26(10,11)23-27(21-24(4,5)6,22-25(7,8)9)16-13-14-19-18(20)17(2)3/h2,12-16H2,1,3-11H3,(H,19,20). The van der Waals surface area contributed by atoms with Gasteiger partial charge in [-0.25, -0.2) is 0 Å². The Bertz CT molecular complexity index is 483. The van der Waals surface area contributed by atoms with Gasteiger partial charge >= 0.3 is 8.80 Å². The molecule has 0 spiro atoms. The molecular weight excluding hydrogens is 407 g/mol. The van der Waals surface area contributed by atoms with Crippen LogP contribution in [0, 0.1) is 0 Å². The minimum Gasteiger partial charge on any atom is -0.417 e. The Labute approximate surface area is 172 Å². The molecule has 5 nitrogen and oxygen atoms in total. The summed E-state index contributed by atoms with van der Waals surface area (Å²) in [4.78, 5) is 11.8. The number of amides is 1. The van der Waals surface area contributed by atoms with Crippen LogP contribution in [0.2, 0.25) is 64.5 Å². The Kier molecular flexibility index (Phi) is 10.6. The van der Waals surface area contributed by atoms with Crippen LogP contribution in [0.1, 0.15) is 26.7 Å². The molecule has 9 heteroatoms. The summed E-state index contributed by atoms with van der Waals surface area (Å²) in [6.45, 7) is 25.9. The summed E-state index contributed by atoms with van der Waals surface area (Å²) in [5.74, 6) is -0.0962. The Morgan fingerprint density at radius 2 is 1.37 bits per heavy atom. The molecule has 0 saturated carbocycles. The molecule has 0 saturated heterocycles. The van der Waals surface area contributed by atoms with Gasteiger partial charge in [0.2, 0.25) is 5.91 Å². The zero-order valence-electron chi connectivity index (χ0n) is 19.4. The van der Waals surface area contributed by atoms with E-state index in [0.29, 0.717) is 12.1 Å². The highest BCUT2D eigenvalue weighted by atomic mass is 28.5. The second-order valence-corrected chi connectivity index (χ2v) is 26.6. The lowest BCUT2D eigenvalue weighted by Gasteiger charge is -2.43. The molecule has 0 unspecified atom stereocenters. The summed E-state index contributed by atoms with van der Waals surface area (Å²) in [5.41, 5.74) is 0.531. The van der Waals surface area contributed by atoms with Crippen molar-refractivity contribution in [1.82, 2.24) is 5.32 Å². The van der Waals surface area contributed by atoms with E-state index in [1.807, 2.05) is 0 Å². The van der Waals surface area contributed by atoms with Crippen molar-refractivity contribution in [2.75, 3.05) is 6.54 Å². The summed E-state index contributed by atoms with van der Waals surface area (Å²) < 4.78 is 20.3. The summed E-state index contributed by atoms with van der Waals surface area (Å²) >= 11 is 0. The normalized spacial score (nSPS) is 13.6. The van der Waals surface area contributed by atoms with Crippen molar-refractivity contribution in [3.63, 3.8) is 0 Å². The predicted molar refractivity (Wildman–Crippen MR) is 126 cm³/mol. The van der Waals surface area contributed by atoms with Crippen LogP contribution in [-0.4, -0.2) is 46.2 Å². The SMILES string of the molecule is C=C(C)C(=O)NCCC[Si](O[Si](C)(C)C)(O[Si](C)(C)C)O[Si](C)(C)CCC. The molecule has 0 atom stereocenters. The third kappa shape index (κ3) is 12.9. The van der Waals surface area contributed by atoms with Crippen molar-refractivity contribution in [3.05, 3.63) is 12.2 Å². The molecule has 160 valence electrons. The van der Waals surface area contributed by atoms with E-state index < -0.39 is 33.8 Å². The number of nitrogens with one attached hydrogen (secondary N) is 1. The van der Waals surface area contributed by atoms with E-state index in [4.69, 9.17) is 12.3 Å². The van der Waals surface area contributed by atoms with Crippen molar-refractivity contribution < 1.29 is 17.1 Å². The highest BCUT2D eigenvalue weighted by Gasteiger charge is 2.50. The van der Waals surface area contributed by atoms with Gasteiger partial charge in [0, 0.05) is 18.2 Å². The first-order valence-electron chi connectivity index (χ1n) is 10.1. The fourth-order valence-electron chi connectivity index (χ4n) is 2.88. The lowest BCUT2D eigenvalue weighted by atomic mass is 10.3. The fraction of sp³-hybridized carbons (Fsp3) is 0.833. The first-order valence-corrected chi connectivity index (χ1v) is 21.9. The average Bonchev–Trinajstić information content (AvgIpc) is 2.38. The van der Waals surface area contributed by atoms with E-state index in [-0.39, 0.29) is 5.91 Å². The third-order valence-electron chi connectivity index (χ3n) is 3.54. The predicted octanol–water partition coefficient (Wildman–Crippen LogP) is 5.34. The van der Waals surface area contributed by atoms with Crippen LogP contribution in [0.3, 0.4) is 0 Å². The van der Waals surface area contributed by atoms with Crippen LogP contribution < -0.4 is 5.32 Å². The molecule has 0 fully saturated rings. The van der Waals surface area contributed by atoms with Crippen LogP contribution in [0.15, 0.2) is 12.2 Å². The Morgan fingerprint density at radius 1 is 0.889 bits per heavy atom. The Morgan fingerprint density at radius 3 is 1.74 bits per heavy atom. The van der Waals surface area contributed by atoms with E-state index in [2.05, 4.69) is 71.2 Å².